The van der Waals surface area contributed by atoms with Crippen LogP contribution >= 0.6 is 0 Å². The lowest BCUT2D eigenvalue weighted by Crippen LogP contribution is -2.13. The Labute approximate surface area is 113 Å². The Morgan fingerprint density at radius 2 is 2.30 bits per heavy atom. The van der Waals surface area contributed by atoms with Crippen LogP contribution in [-0.4, -0.2) is 34.9 Å². The topological polar surface area (TPSA) is 135 Å². The van der Waals surface area contributed by atoms with Gasteiger partial charge in [0.1, 0.15) is 12.1 Å². The van der Waals surface area contributed by atoms with E-state index in [1.54, 1.807) is 12.5 Å². The van der Waals surface area contributed by atoms with Crippen LogP contribution < -0.4 is 16.6 Å². The zero-order valence-electron chi connectivity index (χ0n) is 10.8. The van der Waals surface area contributed by atoms with Gasteiger partial charge in [-0.15, -0.1) is 10.2 Å². The van der Waals surface area contributed by atoms with Crippen molar-refractivity contribution >= 4 is 22.8 Å². The zero-order chi connectivity index (χ0) is 13.9. The van der Waals surface area contributed by atoms with Gasteiger partial charge in [0, 0.05) is 6.54 Å². The van der Waals surface area contributed by atoms with Crippen molar-refractivity contribution < 1.29 is 0 Å². The number of nitrogen functional groups attached to an aromatic ring is 1. The Morgan fingerprint density at radius 3 is 3.10 bits per heavy atom. The van der Waals surface area contributed by atoms with Crippen LogP contribution in [0.15, 0.2) is 12.5 Å². The Morgan fingerprint density at radius 1 is 1.40 bits per heavy atom. The molecule has 0 saturated heterocycles. The van der Waals surface area contributed by atoms with Crippen molar-refractivity contribution in [2.45, 2.75) is 20.0 Å². The summed E-state index contributed by atoms with van der Waals surface area (Å²) < 4.78 is 1.95. The number of hydrogen-bond donors (Lipinski definition) is 4. The summed E-state index contributed by atoms with van der Waals surface area (Å²) in [5, 5.41) is 18.6. The van der Waals surface area contributed by atoms with Gasteiger partial charge in [-0.3, -0.25) is 10.5 Å². The summed E-state index contributed by atoms with van der Waals surface area (Å²) in [5.41, 5.74) is 3.03. The van der Waals surface area contributed by atoms with Gasteiger partial charge in [-0.05, 0) is 6.92 Å². The number of fused-ring (bicyclic) bond motifs is 1. The van der Waals surface area contributed by atoms with Gasteiger partial charge in [-0.2, -0.15) is 15.1 Å². The van der Waals surface area contributed by atoms with Crippen LogP contribution in [0.5, 0.6) is 0 Å². The second-order valence-electron chi connectivity index (χ2n) is 4.06. The van der Waals surface area contributed by atoms with Gasteiger partial charge in [0.2, 0.25) is 5.95 Å². The molecule has 0 saturated carbocycles. The average molecular weight is 274 g/mol. The molecule has 0 fully saturated rings. The first kappa shape index (κ1) is 12.3. The molecular formula is C10H14N10. The molecule has 0 unspecified atom stereocenters. The number of nitrogens with zero attached hydrogens (tertiary/aromatic N) is 6. The molecule has 5 N–H and O–H groups in total. The Kier molecular flexibility index (Phi) is 3.13. The standard InChI is InChI=1S/C10H14N10/c1-2-20-5-14-18-7(20)4-12-8-6-3-13-19-9(6)16-10(15-8)17-11/h3,5H,2,4,11H2,1H3,(H3,12,13,15,16,17,19). The number of H-pyrrole nitrogens is 1. The zero-order valence-corrected chi connectivity index (χ0v) is 10.8. The fourth-order valence-corrected chi connectivity index (χ4v) is 1.88. The van der Waals surface area contributed by atoms with E-state index in [0.717, 1.165) is 17.8 Å². The molecule has 0 spiro atoms. The molecule has 10 heteroatoms. The molecule has 0 amide bonds. The summed E-state index contributed by atoms with van der Waals surface area (Å²) in [6.45, 7) is 3.34. The summed E-state index contributed by atoms with van der Waals surface area (Å²) in [6.07, 6.45) is 3.35. The van der Waals surface area contributed by atoms with E-state index in [4.69, 9.17) is 5.84 Å². The van der Waals surface area contributed by atoms with Gasteiger partial charge >= 0.3 is 0 Å². The molecule has 0 bridgehead atoms. The molecule has 3 aromatic heterocycles. The van der Waals surface area contributed by atoms with Crippen molar-refractivity contribution in [2.24, 2.45) is 5.84 Å². The summed E-state index contributed by atoms with van der Waals surface area (Å²) in [4.78, 5) is 8.43. The van der Waals surface area contributed by atoms with E-state index in [1.807, 2.05) is 11.5 Å². The number of hydrazine groups is 1. The SMILES string of the molecule is CCn1cnnc1CNc1nc(NN)nc2[nH]ncc12. The third-order valence-corrected chi connectivity index (χ3v) is 2.89. The van der Waals surface area contributed by atoms with E-state index in [1.165, 1.54) is 0 Å². The first-order chi connectivity index (χ1) is 9.81. The van der Waals surface area contributed by atoms with Crippen LogP contribution in [0.2, 0.25) is 0 Å². The Hall–Kier alpha value is -2.75. The minimum Gasteiger partial charge on any atom is -0.362 e. The highest BCUT2D eigenvalue weighted by Gasteiger charge is 2.10. The lowest BCUT2D eigenvalue weighted by Gasteiger charge is -2.08. The summed E-state index contributed by atoms with van der Waals surface area (Å²) >= 11 is 0. The maximum atomic E-state index is 5.35. The Balaban J connectivity index is 1.88. The van der Waals surface area contributed by atoms with Crippen molar-refractivity contribution in [1.82, 2.24) is 34.9 Å². The number of aryl methyl sites for hydroxylation is 1. The molecule has 0 aliphatic carbocycles. The maximum absolute atomic E-state index is 5.35. The van der Waals surface area contributed by atoms with Crippen LogP contribution in [0.4, 0.5) is 11.8 Å². The number of rotatable bonds is 5. The van der Waals surface area contributed by atoms with Gasteiger partial charge in [0.05, 0.1) is 18.1 Å². The van der Waals surface area contributed by atoms with Gasteiger partial charge < -0.3 is 9.88 Å². The normalized spacial score (nSPS) is 10.9. The molecule has 104 valence electrons. The van der Waals surface area contributed by atoms with Crippen LogP contribution in [0.25, 0.3) is 11.0 Å². The molecule has 3 aromatic rings. The lowest BCUT2D eigenvalue weighted by atomic mass is 10.4. The fourth-order valence-electron chi connectivity index (χ4n) is 1.88. The van der Waals surface area contributed by atoms with Gasteiger partial charge in [-0.1, -0.05) is 0 Å². The third-order valence-electron chi connectivity index (χ3n) is 2.89. The van der Waals surface area contributed by atoms with Crippen LogP contribution in [0, 0.1) is 0 Å². The van der Waals surface area contributed by atoms with Crippen molar-refractivity contribution in [3.8, 4) is 0 Å². The average Bonchev–Trinajstić information content (AvgIpc) is 3.12. The van der Waals surface area contributed by atoms with E-state index < -0.39 is 0 Å². The first-order valence-corrected chi connectivity index (χ1v) is 6.10. The summed E-state index contributed by atoms with van der Waals surface area (Å²) in [5.74, 6) is 7.11. The van der Waals surface area contributed by atoms with E-state index in [0.29, 0.717) is 24.0 Å². The van der Waals surface area contributed by atoms with E-state index in [2.05, 4.69) is 41.1 Å². The highest BCUT2D eigenvalue weighted by molar-refractivity contribution is 5.86. The predicted octanol–water partition coefficient (Wildman–Crippen LogP) is -0.138. The number of aromatic nitrogens is 7. The largest absolute Gasteiger partial charge is 0.362 e. The first-order valence-electron chi connectivity index (χ1n) is 6.10. The molecule has 0 aliphatic heterocycles. The number of aromatic amines is 1. The molecular weight excluding hydrogens is 260 g/mol. The molecule has 0 atom stereocenters. The lowest BCUT2D eigenvalue weighted by molar-refractivity contribution is 0.707. The number of hydrogen-bond acceptors (Lipinski definition) is 8. The second kappa shape index (κ2) is 5.09. The minimum atomic E-state index is 0.307. The molecule has 20 heavy (non-hydrogen) atoms. The van der Waals surface area contributed by atoms with Crippen LogP contribution in [0.1, 0.15) is 12.7 Å². The molecule has 3 heterocycles. The van der Waals surface area contributed by atoms with Crippen molar-refractivity contribution in [1.29, 1.82) is 0 Å². The van der Waals surface area contributed by atoms with E-state index in [-0.39, 0.29) is 0 Å². The third kappa shape index (κ3) is 2.12. The number of nitrogens with two attached hydrogens (primary N) is 1. The molecule has 10 nitrogen and oxygen atoms in total. The summed E-state index contributed by atoms with van der Waals surface area (Å²) in [6, 6.07) is 0. The smallest absolute Gasteiger partial charge is 0.241 e. The van der Waals surface area contributed by atoms with Crippen molar-refractivity contribution in [3.63, 3.8) is 0 Å². The minimum absolute atomic E-state index is 0.307. The van der Waals surface area contributed by atoms with Crippen molar-refractivity contribution in [3.05, 3.63) is 18.3 Å². The van der Waals surface area contributed by atoms with Gasteiger partial charge in [-0.25, -0.2) is 5.84 Å². The van der Waals surface area contributed by atoms with E-state index >= 15 is 0 Å². The second-order valence-corrected chi connectivity index (χ2v) is 4.06. The molecule has 3 rings (SSSR count). The number of nitrogens with one attached hydrogen (secondary N) is 3. The fraction of sp³-hybridized carbons (Fsp3) is 0.300. The Bertz CT molecular complexity index is 714. The highest BCUT2D eigenvalue weighted by atomic mass is 15.3. The monoisotopic (exact) mass is 274 g/mol. The van der Waals surface area contributed by atoms with Gasteiger partial charge in [0.25, 0.3) is 0 Å². The van der Waals surface area contributed by atoms with E-state index in [9.17, 15) is 0 Å². The van der Waals surface area contributed by atoms with Gasteiger partial charge in [0.15, 0.2) is 11.5 Å². The summed E-state index contributed by atoms with van der Waals surface area (Å²) in [7, 11) is 0. The molecule has 0 aromatic carbocycles. The predicted molar refractivity (Wildman–Crippen MR) is 72.5 cm³/mol. The van der Waals surface area contributed by atoms with Crippen molar-refractivity contribution in [2.75, 3.05) is 10.7 Å². The highest BCUT2D eigenvalue weighted by Crippen LogP contribution is 2.19. The number of anilines is 2. The quantitative estimate of drug-likeness (QED) is 0.373. The molecule has 0 radical (unpaired) electrons. The van der Waals surface area contributed by atoms with Crippen LogP contribution in [0.3, 0.4) is 0 Å². The maximum Gasteiger partial charge on any atom is 0.241 e. The molecule has 0 aliphatic rings. The van der Waals surface area contributed by atoms with Crippen LogP contribution in [-0.2, 0) is 13.1 Å².